The molecule has 0 unspecified atom stereocenters. The van der Waals surface area contributed by atoms with Crippen LogP contribution in [0.1, 0.15) is 16.9 Å². The summed E-state index contributed by atoms with van der Waals surface area (Å²) < 4.78 is 10.8. The van der Waals surface area contributed by atoms with Crippen LogP contribution in [0.4, 0.5) is 5.69 Å². The largest absolute Gasteiger partial charge is 0.477 e. The second-order valence-corrected chi connectivity index (χ2v) is 5.57. The van der Waals surface area contributed by atoms with Gasteiger partial charge in [0.15, 0.2) is 5.58 Å². The SMILES string of the molecule is O=C(O)c1cc(-c2nc3cc(NC(=O)[C@@H]4CCO4)ccc3o2)ccn1. The number of hydrogen-bond donors (Lipinski definition) is 2. The number of pyridine rings is 1. The number of oxazole rings is 1. The van der Waals surface area contributed by atoms with Crippen molar-refractivity contribution in [2.45, 2.75) is 12.5 Å². The van der Waals surface area contributed by atoms with Crippen molar-refractivity contribution >= 4 is 28.7 Å². The molecule has 8 nitrogen and oxygen atoms in total. The summed E-state index contributed by atoms with van der Waals surface area (Å²) in [5.74, 6) is -1.03. The molecule has 126 valence electrons. The van der Waals surface area contributed by atoms with Crippen molar-refractivity contribution in [3.63, 3.8) is 0 Å². The summed E-state index contributed by atoms with van der Waals surface area (Å²) in [5, 5.41) is 11.8. The Kier molecular flexibility index (Phi) is 3.66. The third-order valence-corrected chi connectivity index (χ3v) is 3.87. The Balaban J connectivity index is 1.62. The summed E-state index contributed by atoms with van der Waals surface area (Å²) in [4.78, 5) is 31.1. The van der Waals surface area contributed by atoms with Crippen LogP contribution in [0, 0.1) is 0 Å². The van der Waals surface area contributed by atoms with E-state index in [2.05, 4.69) is 15.3 Å². The molecule has 0 spiro atoms. The van der Waals surface area contributed by atoms with Crippen LogP contribution in [-0.4, -0.2) is 39.7 Å². The minimum atomic E-state index is -1.12. The first-order valence-corrected chi connectivity index (χ1v) is 7.63. The molecule has 1 saturated heterocycles. The molecule has 25 heavy (non-hydrogen) atoms. The molecule has 1 amide bonds. The van der Waals surface area contributed by atoms with Crippen molar-refractivity contribution in [2.24, 2.45) is 0 Å². The highest BCUT2D eigenvalue weighted by atomic mass is 16.5. The van der Waals surface area contributed by atoms with E-state index in [9.17, 15) is 9.59 Å². The highest BCUT2D eigenvalue weighted by molar-refractivity contribution is 5.96. The maximum atomic E-state index is 11.9. The van der Waals surface area contributed by atoms with Crippen LogP contribution in [-0.2, 0) is 9.53 Å². The zero-order chi connectivity index (χ0) is 17.4. The molecule has 1 aliphatic heterocycles. The lowest BCUT2D eigenvalue weighted by Gasteiger charge is -2.24. The first-order chi connectivity index (χ1) is 12.1. The fourth-order valence-corrected chi connectivity index (χ4v) is 2.47. The number of fused-ring (bicyclic) bond motifs is 1. The number of carboxylic acid groups (broad SMARTS) is 1. The normalized spacial score (nSPS) is 16.4. The van der Waals surface area contributed by atoms with Crippen molar-refractivity contribution in [1.82, 2.24) is 9.97 Å². The maximum absolute atomic E-state index is 11.9. The molecule has 3 aromatic rings. The molecule has 3 heterocycles. The Bertz CT molecular complexity index is 977. The van der Waals surface area contributed by atoms with E-state index in [1.54, 1.807) is 24.3 Å². The van der Waals surface area contributed by atoms with Crippen LogP contribution in [0.2, 0.25) is 0 Å². The third kappa shape index (κ3) is 2.94. The van der Waals surface area contributed by atoms with Crippen LogP contribution in [0.5, 0.6) is 0 Å². The number of hydrogen-bond acceptors (Lipinski definition) is 6. The van der Waals surface area contributed by atoms with Crippen molar-refractivity contribution < 1.29 is 23.8 Å². The summed E-state index contributed by atoms with van der Waals surface area (Å²) in [7, 11) is 0. The number of benzene rings is 1. The summed E-state index contributed by atoms with van der Waals surface area (Å²) >= 11 is 0. The summed E-state index contributed by atoms with van der Waals surface area (Å²) in [5.41, 5.74) is 2.09. The van der Waals surface area contributed by atoms with Crippen molar-refractivity contribution in [3.05, 3.63) is 42.2 Å². The second-order valence-electron chi connectivity index (χ2n) is 5.57. The van der Waals surface area contributed by atoms with Crippen LogP contribution in [0.15, 0.2) is 40.9 Å². The van der Waals surface area contributed by atoms with Gasteiger partial charge in [0, 0.05) is 23.9 Å². The number of carbonyl (C=O) groups excluding carboxylic acids is 1. The highest BCUT2D eigenvalue weighted by Gasteiger charge is 2.26. The van der Waals surface area contributed by atoms with Gasteiger partial charge in [0.2, 0.25) is 5.89 Å². The fourth-order valence-electron chi connectivity index (χ4n) is 2.47. The van der Waals surface area contributed by atoms with E-state index in [-0.39, 0.29) is 17.5 Å². The quantitative estimate of drug-likeness (QED) is 0.749. The monoisotopic (exact) mass is 339 g/mol. The van der Waals surface area contributed by atoms with E-state index < -0.39 is 12.1 Å². The Morgan fingerprint density at radius 3 is 2.80 bits per heavy atom. The molecule has 0 radical (unpaired) electrons. The number of rotatable bonds is 4. The molecule has 2 N–H and O–H groups in total. The number of carboxylic acids is 1. The second kappa shape index (κ2) is 5.99. The van der Waals surface area contributed by atoms with Gasteiger partial charge < -0.3 is 19.6 Å². The molecule has 8 heteroatoms. The molecule has 2 aromatic heterocycles. The number of anilines is 1. The lowest BCUT2D eigenvalue weighted by atomic mass is 10.1. The minimum Gasteiger partial charge on any atom is -0.477 e. The lowest BCUT2D eigenvalue weighted by molar-refractivity contribution is -0.139. The Morgan fingerprint density at radius 2 is 2.08 bits per heavy atom. The third-order valence-electron chi connectivity index (χ3n) is 3.87. The molecule has 1 fully saturated rings. The lowest BCUT2D eigenvalue weighted by Crippen LogP contribution is -2.38. The summed E-state index contributed by atoms with van der Waals surface area (Å²) in [6, 6.07) is 8.11. The minimum absolute atomic E-state index is 0.0896. The van der Waals surface area contributed by atoms with E-state index in [4.69, 9.17) is 14.3 Å². The molecule has 0 bridgehead atoms. The van der Waals surface area contributed by atoms with Crippen LogP contribution < -0.4 is 5.32 Å². The fraction of sp³-hybridized carbons (Fsp3) is 0.176. The number of nitrogens with one attached hydrogen (secondary N) is 1. The van der Waals surface area contributed by atoms with Gasteiger partial charge in [-0.25, -0.2) is 14.8 Å². The van der Waals surface area contributed by atoms with Gasteiger partial charge in [-0.05, 0) is 30.3 Å². The van der Waals surface area contributed by atoms with E-state index >= 15 is 0 Å². The van der Waals surface area contributed by atoms with E-state index in [0.29, 0.717) is 29.0 Å². The van der Waals surface area contributed by atoms with Gasteiger partial charge in [-0.2, -0.15) is 0 Å². The molecule has 1 atom stereocenters. The Morgan fingerprint density at radius 1 is 1.24 bits per heavy atom. The molecule has 1 aliphatic rings. The topological polar surface area (TPSA) is 115 Å². The smallest absolute Gasteiger partial charge is 0.354 e. The van der Waals surface area contributed by atoms with Crippen LogP contribution in [0.25, 0.3) is 22.6 Å². The van der Waals surface area contributed by atoms with Gasteiger partial charge in [-0.3, -0.25) is 4.79 Å². The van der Waals surface area contributed by atoms with Gasteiger partial charge in [0.1, 0.15) is 17.3 Å². The van der Waals surface area contributed by atoms with E-state index in [1.807, 2.05) is 0 Å². The zero-order valence-corrected chi connectivity index (χ0v) is 12.9. The average molecular weight is 339 g/mol. The maximum Gasteiger partial charge on any atom is 0.354 e. The number of ether oxygens (including phenoxy) is 1. The predicted molar refractivity (Wildman–Crippen MR) is 87.2 cm³/mol. The molecular weight excluding hydrogens is 326 g/mol. The molecule has 1 aromatic carbocycles. The number of carbonyl (C=O) groups is 2. The van der Waals surface area contributed by atoms with Crippen molar-refractivity contribution in [3.8, 4) is 11.5 Å². The highest BCUT2D eigenvalue weighted by Crippen LogP contribution is 2.26. The van der Waals surface area contributed by atoms with Gasteiger partial charge in [-0.1, -0.05) is 0 Å². The van der Waals surface area contributed by atoms with Gasteiger partial charge in [-0.15, -0.1) is 0 Å². The van der Waals surface area contributed by atoms with Crippen molar-refractivity contribution in [1.29, 1.82) is 0 Å². The van der Waals surface area contributed by atoms with Crippen LogP contribution in [0.3, 0.4) is 0 Å². The standard InChI is InChI=1S/C17H13N3O5/c21-15(14-4-6-24-14)19-10-1-2-13-11(8-10)20-16(25-13)9-3-5-18-12(7-9)17(22)23/h1-3,5,7-8,14H,4,6H2,(H,19,21)(H,22,23)/t14-/m0/s1. The first-order valence-electron chi connectivity index (χ1n) is 7.63. The predicted octanol–water partition coefficient (Wildman–Crippen LogP) is 2.32. The Hall–Kier alpha value is -3.26. The zero-order valence-electron chi connectivity index (χ0n) is 12.9. The summed E-state index contributed by atoms with van der Waals surface area (Å²) in [6.07, 6.45) is 1.71. The molecule has 0 saturated carbocycles. The van der Waals surface area contributed by atoms with Crippen LogP contribution >= 0.6 is 0 Å². The van der Waals surface area contributed by atoms with Gasteiger partial charge in [0.25, 0.3) is 5.91 Å². The van der Waals surface area contributed by atoms with Gasteiger partial charge in [0.05, 0.1) is 6.61 Å². The average Bonchev–Trinajstić information content (AvgIpc) is 2.96. The van der Waals surface area contributed by atoms with E-state index in [1.165, 1.54) is 12.3 Å². The number of amides is 1. The molecular formula is C17H13N3O5. The Labute approximate surface area is 141 Å². The van der Waals surface area contributed by atoms with E-state index in [0.717, 1.165) is 6.42 Å². The van der Waals surface area contributed by atoms with Crippen molar-refractivity contribution in [2.75, 3.05) is 11.9 Å². The number of aromatic carboxylic acids is 1. The number of aromatic nitrogens is 2. The summed E-state index contributed by atoms with van der Waals surface area (Å²) in [6.45, 7) is 0.605. The molecule has 4 rings (SSSR count). The van der Waals surface area contributed by atoms with Gasteiger partial charge >= 0.3 is 5.97 Å². The number of nitrogens with zero attached hydrogens (tertiary/aromatic N) is 2. The first kappa shape index (κ1) is 15.3. The molecule has 0 aliphatic carbocycles.